The average Bonchev–Trinajstić information content (AvgIpc) is 2.57. The molecule has 0 spiro atoms. The molecule has 2 aliphatic heterocycles. The Morgan fingerprint density at radius 2 is 1.65 bits per heavy atom. The van der Waals surface area contributed by atoms with Gasteiger partial charge in [-0.25, -0.2) is 13.2 Å². The number of sulfone groups is 1. The van der Waals surface area contributed by atoms with Gasteiger partial charge in [0.2, 0.25) is 0 Å². The number of hydrogen-bond donors (Lipinski definition) is 3. The third-order valence-corrected chi connectivity index (χ3v) is 6.96. The maximum atomic E-state index is 13.1. The summed E-state index contributed by atoms with van der Waals surface area (Å²) in [6.45, 7) is 2.71. The molecule has 0 atom stereocenters. The van der Waals surface area contributed by atoms with Crippen molar-refractivity contribution in [3.63, 3.8) is 0 Å². The average molecular weight is 390 g/mol. The fourth-order valence-electron chi connectivity index (χ4n) is 3.49. The van der Waals surface area contributed by atoms with E-state index in [-0.39, 0.29) is 62.6 Å². The zero-order valence-corrected chi connectivity index (χ0v) is 15.7. The molecule has 3 N–H and O–H groups in total. The van der Waals surface area contributed by atoms with Crippen molar-refractivity contribution in [2.45, 2.75) is 44.6 Å². The predicted octanol–water partition coefficient (Wildman–Crippen LogP) is 0.0935. The van der Waals surface area contributed by atoms with E-state index < -0.39 is 32.8 Å². The smallest absolute Gasteiger partial charge is 0.315 e. The van der Waals surface area contributed by atoms with Gasteiger partial charge in [-0.1, -0.05) is 0 Å². The second-order valence-corrected chi connectivity index (χ2v) is 9.32. The molecule has 0 aromatic rings. The third-order valence-electron chi connectivity index (χ3n) is 5.31. The Morgan fingerprint density at radius 1 is 1.08 bits per heavy atom. The number of carboxylic acid groups (broad SMARTS) is 1. The number of ketones is 1. The Bertz CT molecular complexity index is 654. The summed E-state index contributed by atoms with van der Waals surface area (Å²) in [7, 11) is -3.26. The summed E-state index contributed by atoms with van der Waals surface area (Å²) in [6, 6.07) is -0.488. The van der Waals surface area contributed by atoms with Gasteiger partial charge in [-0.15, -0.1) is 0 Å². The van der Waals surface area contributed by atoms with E-state index in [0.29, 0.717) is 6.54 Å². The van der Waals surface area contributed by atoms with Crippen molar-refractivity contribution in [2.24, 2.45) is 5.41 Å². The van der Waals surface area contributed by atoms with E-state index in [1.807, 2.05) is 0 Å². The number of Topliss-reactive ketones (excluding diaryl/α,β-unsaturated/α-hetero) is 1. The van der Waals surface area contributed by atoms with Gasteiger partial charge in [0.1, 0.15) is 15.4 Å². The topological polar surface area (TPSA) is 139 Å². The number of hydrogen-bond acceptors (Lipinski definition) is 6. The Balaban J connectivity index is 2.21. The van der Waals surface area contributed by atoms with Crippen LogP contribution in [0.25, 0.3) is 0 Å². The SMILES string of the molecule is CCNC(=O)NC1(C(=O)CC2(C(=O)O)CCS(=O)(=O)CC2)CCOCC1. The Kier molecular flexibility index (Phi) is 6.28. The number of carbonyl (C=O) groups is 3. The molecule has 0 aromatic heterocycles. The van der Waals surface area contributed by atoms with Crippen molar-refractivity contribution < 1.29 is 32.6 Å². The lowest BCUT2D eigenvalue weighted by atomic mass is 9.72. The van der Waals surface area contributed by atoms with Crippen LogP contribution in [-0.4, -0.2) is 68.1 Å². The quantitative estimate of drug-likeness (QED) is 0.584. The summed E-state index contributed by atoms with van der Waals surface area (Å²) in [6.07, 6.45) is 0.0342. The fourth-order valence-corrected chi connectivity index (χ4v) is 5.09. The molecule has 2 amide bonds. The summed E-state index contributed by atoms with van der Waals surface area (Å²) in [5, 5.41) is 15.0. The molecule has 2 fully saturated rings. The number of ether oxygens (including phenoxy) is 1. The van der Waals surface area contributed by atoms with Crippen LogP contribution in [0.5, 0.6) is 0 Å². The van der Waals surface area contributed by atoms with Gasteiger partial charge in [-0.3, -0.25) is 9.59 Å². The first-order valence-electron chi connectivity index (χ1n) is 8.76. The van der Waals surface area contributed by atoms with Crippen molar-refractivity contribution in [2.75, 3.05) is 31.3 Å². The van der Waals surface area contributed by atoms with Gasteiger partial charge in [-0.2, -0.15) is 0 Å². The molecular formula is C16H26N2O7S. The summed E-state index contributed by atoms with van der Waals surface area (Å²) in [5.74, 6) is -2.03. The van der Waals surface area contributed by atoms with E-state index >= 15 is 0 Å². The molecule has 0 aliphatic carbocycles. The van der Waals surface area contributed by atoms with Crippen LogP contribution in [0.2, 0.25) is 0 Å². The molecule has 0 saturated carbocycles. The molecule has 2 rings (SSSR count). The minimum absolute atomic E-state index is 0.0931. The Labute approximate surface area is 152 Å². The summed E-state index contributed by atoms with van der Waals surface area (Å²) < 4.78 is 28.6. The number of carboxylic acids is 1. The second kappa shape index (κ2) is 7.91. The van der Waals surface area contributed by atoms with E-state index in [1.165, 1.54) is 0 Å². The van der Waals surface area contributed by atoms with Crippen molar-refractivity contribution in [1.29, 1.82) is 0 Å². The molecule has 10 heteroatoms. The first kappa shape index (κ1) is 20.6. The molecule has 9 nitrogen and oxygen atoms in total. The molecule has 26 heavy (non-hydrogen) atoms. The van der Waals surface area contributed by atoms with Crippen LogP contribution in [0, 0.1) is 5.41 Å². The summed E-state index contributed by atoms with van der Waals surface area (Å²) >= 11 is 0. The highest BCUT2D eigenvalue weighted by atomic mass is 32.2. The third kappa shape index (κ3) is 4.53. The molecular weight excluding hydrogens is 364 g/mol. The van der Waals surface area contributed by atoms with E-state index in [2.05, 4.69) is 10.6 Å². The molecule has 0 bridgehead atoms. The first-order chi connectivity index (χ1) is 12.1. The maximum absolute atomic E-state index is 13.1. The highest BCUT2D eigenvalue weighted by molar-refractivity contribution is 7.91. The second-order valence-electron chi connectivity index (χ2n) is 7.02. The minimum atomic E-state index is -3.26. The molecule has 2 aliphatic rings. The van der Waals surface area contributed by atoms with Crippen LogP contribution in [-0.2, 0) is 24.2 Å². The zero-order chi connectivity index (χ0) is 19.4. The number of carbonyl (C=O) groups excluding carboxylic acids is 2. The van der Waals surface area contributed by atoms with Gasteiger partial charge in [0.15, 0.2) is 5.78 Å². The van der Waals surface area contributed by atoms with Gasteiger partial charge in [0.25, 0.3) is 0 Å². The van der Waals surface area contributed by atoms with Crippen molar-refractivity contribution >= 4 is 27.6 Å². The molecule has 0 aromatic carbocycles. The van der Waals surface area contributed by atoms with E-state index in [4.69, 9.17) is 4.74 Å². The van der Waals surface area contributed by atoms with Crippen molar-refractivity contribution in [3.05, 3.63) is 0 Å². The van der Waals surface area contributed by atoms with Gasteiger partial charge >= 0.3 is 12.0 Å². The van der Waals surface area contributed by atoms with Crippen LogP contribution in [0.1, 0.15) is 39.0 Å². The number of aliphatic carboxylic acids is 1. The fraction of sp³-hybridized carbons (Fsp3) is 0.812. The predicted molar refractivity (Wildman–Crippen MR) is 92.6 cm³/mol. The van der Waals surface area contributed by atoms with Crippen LogP contribution < -0.4 is 10.6 Å². The molecule has 2 saturated heterocycles. The standard InChI is InChI=1S/C16H26N2O7S/c1-2-17-14(22)18-16(3-7-25-8-4-16)12(19)11-15(13(20)21)5-9-26(23,24)10-6-15/h2-11H2,1H3,(H,20,21)(H2,17,18,22). The Hall–Kier alpha value is -1.68. The zero-order valence-electron chi connectivity index (χ0n) is 14.9. The van der Waals surface area contributed by atoms with Gasteiger partial charge in [0.05, 0.1) is 16.9 Å². The number of nitrogens with one attached hydrogen (secondary N) is 2. The lowest BCUT2D eigenvalue weighted by Crippen LogP contribution is -2.61. The minimum Gasteiger partial charge on any atom is -0.481 e. The van der Waals surface area contributed by atoms with Crippen molar-refractivity contribution in [1.82, 2.24) is 10.6 Å². The van der Waals surface area contributed by atoms with Crippen LogP contribution in [0.4, 0.5) is 4.79 Å². The number of rotatable bonds is 6. The largest absolute Gasteiger partial charge is 0.481 e. The molecule has 2 heterocycles. The van der Waals surface area contributed by atoms with Crippen molar-refractivity contribution in [3.8, 4) is 0 Å². The van der Waals surface area contributed by atoms with Crippen LogP contribution in [0.3, 0.4) is 0 Å². The highest BCUT2D eigenvalue weighted by Crippen LogP contribution is 2.39. The number of urea groups is 1. The Morgan fingerprint density at radius 3 is 2.15 bits per heavy atom. The van der Waals surface area contributed by atoms with E-state index in [9.17, 15) is 27.9 Å². The summed E-state index contributed by atoms with van der Waals surface area (Å²) in [5.41, 5.74) is -2.59. The van der Waals surface area contributed by atoms with Crippen LogP contribution in [0.15, 0.2) is 0 Å². The summed E-state index contributed by atoms with van der Waals surface area (Å²) in [4.78, 5) is 37.0. The van der Waals surface area contributed by atoms with Gasteiger partial charge in [0, 0.05) is 39.0 Å². The maximum Gasteiger partial charge on any atom is 0.315 e. The monoisotopic (exact) mass is 390 g/mol. The molecule has 0 unspecified atom stereocenters. The lowest BCUT2D eigenvalue weighted by molar-refractivity contribution is -0.153. The van der Waals surface area contributed by atoms with Gasteiger partial charge < -0.3 is 20.5 Å². The normalized spacial score (nSPS) is 23.6. The molecule has 148 valence electrons. The first-order valence-corrected chi connectivity index (χ1v) is 10.6. The van der Waals surface area contributed by atoms with Gasteiger partial charge in [-0.05, 0) is 19.8 Å². The van der Waals surface area contributed by atoms with E-state index in [0.717, 1.165) is 0 Å². The lowest BCUT2D eigenvalue weighted by Gasteiger charge is -2.40. The molecule has 0 radical (unpaired) electrons. The number of amides is 2. The highest BCUT2D eigenvalue weighted by Gasteiger charge is 2.50. The van der Waals surface area contributed by atoms with E-state index in [1.54, 1.807) is 6.92 Å². The van der Waals surface area contributed by atoms with Crippen LogP contribution >= 0.6 is 0 Å².